The van der Waals surface area contributed by atoms with Crippen LogP contribution in [0.2, 0.25) is 0 Å². The van der Waals surface area contributed by atoms with E-state index in [1.165, 1.54) is 9.58 Å². The second-order valence-electron chi connectivity index (χ2n) is 6.30. The molecule has 1 amide bonds. The lowest BCUT2D eigenvalue weighted by molar-refractivity contribution is 0.0779. The molecule has 2 aromatic heterocycles. The standard InChI is InChI=1S/C15H23N7O3.ClH/c1-4-21-12(10-6-5-7-16-8-10)18-22(15(21)24)9-11-17-13(25-19-11)14(23)20(2)3;/h10,16H,4-9H2,1-3H3;1H. The Hall–Kier alpha value is -2.20. The van der Waals surface area contributed by atoms with Gasteiger partial charge >= 0.3 is 17.5 Å². The van der Waals surface area contributed by atoms with E-state index in [9.17, 15) is 9.59 Å². The van der Waals surface area contributed by atoms with Crippen LogP contribution in [0.15, 0.2) is 9.32 Å². The number of nitrogens with one attached hydrogen (secondary N) is 1. The highest BCUT2D eigenvalue weighted by Gasteiger charge is 2.24. The maximum Gasteiger partial charge on any atom is 0.346 e. The van der Waals surface area contributed by atoms with Crippen LogP contribution < -0.4 is 11.0 Å². The third kappa shape index (κ3) is 3.96. The van der Waals surface area contributed by atoms with Crippen molar-refractivity contribution >= 4 is 18.3 Å². The highest BCUT2D eigenvalue weighted by molar-refractivity contribution is 5.89. The number of carbonyl (C=O) groups is 1. The van der Waals surface area contributed by atoms with Crippen molar-refractivity contribution in [3.05, 3.63) is 28.0 Å². The first-order valence-electron chi connectivity index (χ1n) is 8.43. The Morgan fingerprint density at radius 2 is 2.19 bits per heavy atom. The van der Waals surface area contributed by atoms with Crippen molar-refractivity contribution in [1.29, 1.82) is 0 Å². The van der Waals surface area contributed by atoms with Crippen LogP contribution in [-0.4, -0.2) is 62.5 Å². The summed E-state index contributed by atoms with van der Waals surface area (Å²) in [6.45, 7) is 4.37. The molecule has 0 aliphatic carbocycles. The van der Waals surface area contributed by atoms with Gasteiger partial charge in [-0.2, -0.15) is 10.1 Å². The molecular formula is C15H24ClN7O3. The molecule has 1 atom stereocenters. The number of aromatic nitrogens is 5. The van der Waals surface area contributed by atoms with Crippen molar-refractivity contribution in [2.45, 2.75) is 38.8 Å². The number of carbonyl (C=O) groups excluding carboxylic acids is 1. The lowest BCUT2D eigenvalue weighted by Gasteiger charge is -2.21. The molecule has 1 aliphatic heterocycles. The van der Waals surface area contributed by atoms with Crippen LogP contribution in [0.4, 0.5) is 0 Å². The third-order valence-corrected chi connectivity index (χ3v) is 4.28. The number of piperidine rings is 1. The third-order valence-electron chi connectivity index (χ3n) is 4.28. The van der Waals surface area contributed by atoms with Gasteiger partial charge in [0.05, 0.1) is 0 Å². The van der Waals surface area contributed by atoms with Gasteiger partial charge in [-0.1, -0.05) is 5.16 Å². The molecule has 0 bridgehead atoms. The van der Waals surface area contributed by atoms with Crippen molar-refractivity contribution < 1.29 is 9.32 Å². The molecule has 0 saturated carbocycles. The second kappa shape index (κ2) is 8.45. The summed E-state index contributed by atoms with van der Waals surface area (Å²) in [6.07, 6.45) is 2.07. The summed E-state index contributed by atoms with van der Waals surface area (Å²) in [4.78, 5) is 29.8. The maximum atomic E-state index is 12.6. The van der Waals surface area contributed by atoms with Crippen molar-refractivity contribution in [2.24, 2.45) is 0 Å². The Labute approximate surface area is 157 Å². The fourth-order valence-electron chi connectivity index (χ4n) is 2.96. The molecule has 1 fully saturated rings. The van der Waals surface area contributed by atoms with E-state index in [0.717, 1.165) is 31.8 Å². The van der Waals surface area contributed by atoms with E-state index in [-0.39, 0.29) is 48.2 Å². The van der Waals surface area contributed by atoms with Gasteiger partial charge in [-0.05, 0) is 26.3 Å². The molecule has 3 heterocycles. The van der Waals surface area contributed by atoms with Gasteiger partial charge in [-0.15, -0.1) is 12.4 Å². The molecule has 2 aromatic rings. The summed E-state index contributed by atoms with van der Waals surface area (Å²) >= 11 is 0. The van der Waals surface area contributed by atoms with Gasteiger partial charge in [0, 0.05) is 33.1 Å². The molecule has 0 spiro atoms. The molecule has 1 aliphatic rings. The highest BCUT2D eigenvalue weighted by atomic mass is 35.5. The van der Waals surface area contributed by atoms with Crippen molar-refractivity contribution in [3.8, 4) is 0 Å². The van der Waals surface area contributed by atoms with Crippen LogP contribution in [0.5, 0.6) is 0 Å². The Morgan fingerprint density at radius 3 is 2.81 bits per heavy atom. The van der Waals surface area contributed by atoms with Gasteiger partial charge in [0.15, 0.2) is 5.82 Å². The first kappa shape index (κ1) is 20.1. The van der Waals surface area contributed by atoms with Crippen LogP contribution in [0, 0.1) is 0 Å². The minimum Gasteiger partial charge on any atom is -0.341 e. The minimum absolute atomic E-state index is 0. The average molecular weight is 386 g/mol. The maximum absolute atomic E-state index is 12.6. The number of halogens is 1. The monoisotopic (exact) mass is 385 g/mol. The van der Waals surface area contributed by atoms with Crippen LogP contribution in [0.3, 0.4) is 0 Å². The Kier molecular flexibility index (Phi) is 6.54. The fraction of sp³-hybridized carbons (Fsp3) is 0.667. The van der Waals surface area contributed by atoms with Crippen LogP contribution in [-0.2, 0) is 13.1 Å². The Balaban J connectivity index is 0.00000243. The Bertz CT molecular complexity index is 805. The molecule has 144 valence electrons. The summed E-state index contributed by atoms with van der Waals surface area (Å²) in [5.74, 6) is 0.784. The van der Waals surface area contributed by atoms with Gasteiger partial charge < -0.3 is 14.7 Å². The van der Waals surface area contributed by atoms with E-state index in [1.54, 1.807) is 18.7 Å². The zero-order valence-electron chi connectivity index (χ0n) is 15.1. The molecule has 26 heavy (non-hydrogen) atoms. The molecular weight excluding hydrogens is 362 g/mol. The number of hydrogen-bond donors (Lipinski definition) is 1. The van der Waals surface area contributed by atoms with Gasteiger partial charge in [-0.3, -0.25) is 9.36 Å². The van der Waals surface area contributed by atoms with Crippen molar-refractivity contribution in [3.63, 3.8) is 0 Å². The summed E-state index contributed by atoms with van der Waals surface area (Å²) in [6, 6.07) is 0. The molecule has 10 nitrogen and oxygen atoms in total. The van der Waals surface area contributed by atoms with E-state index in [2.05, 4.69) is 20.6 Å². The largest absolute Gasteiger partial charge is 0.346 e. The minimum atomic E-state index is -0.376. The van der Waals surface area contributed by atoms with Gasteiger partial charge in [0.1, 0.15) is 12.4 Å². The lowest BCUT2D eigenvalue weighted by atomic mass is 9.99. The normalized spacial score (nSPS) is 17.0. The summed E-state index contributed by atoms with van der Waals surface area (Å²) in [7, 11) is 3.20. The second-order valence-corrected chi connectivity index (χ2v) is 6.30. The highest BCUT2D eigenvalue weighted by Crippen LogP contribution is 2.20. The number of rotatable bonds is 5. The van der Waals surface area contributed by atoms with Gasteiger partial charge in [0.2, 0.25) is 0 Å². The predicted octanol–water partition coefficient (Wildman–Crippen LogP) is 0.0866. The molecule has 0 radical (unpaired) electrons. The van der Waals surface area contributed by atoms with Crippen molar-refractivity contribution in [1.82, 2.24) is 34.7 Å². The number of hydrogen-bond acceptors (Lipinski definition) is 7. The molecule has 11 heteroatoms. The summed E-state index contributed by atoms with van der Waals surface area (Å²) in [5, 5.41) is 11.6. The average Bonchev–Trinajstić information content (AvgIpc) is 3.20. The van der Waals surface area contributed by atoms with Crippen LogP contribution in [0.25, 0.3) is 0 Å². The number of amides is 1. The quantitative estimate of drug-likeness (QED) is 0.776. The van der Waals surface area contributed by atoms with E-state index in [0.29, 0.717) is 6.54 Å². The van der Waals surface area contributed by atoms with Crippen molar-refractivity contribution in [2.75, 3.05) is 27.2 Å². The molecule has 0 aromatic carbocycles. The van der Waals surface area contributed by atoms with Gasteiger partial charge in [0.25, 0.3) is 0 Å². The summed E-state index contributed by atoms with van der Waals surface area (Å²) in [5.41, 5.74) is -0.201. The first-order valence-corrected chi connectivity index (χ1v) is 8.43. The number of nitrogens with zero attached hydrogens (tertiary/aromatic N) is 6. The van der Waals surface area contributed by atoms with E-state index >= 15 is 0 Å². The zero-order chi connectivity index (χ0) is 18.0. The van der Waals surface area contributed by atoms with E-state index in [1.807, 2.05) is 6.92 Å². The molecule has 1 N–H and O–H groups in total. The summed E-state index contributed by atoms with van der Waals surface area (Å²) < 4.78 is 7.99. The SMILES string of the molecule is CCn1c(C2CCCNC2)nn(Cc2noc(C(=O)N(C)C)n2)c1=O.Cl. The van der Waals surface area contributed by atoms with Crippen LogP contribution >= 0.6 is 12.4 Å². The predicted molar refractivity (Wildman–Crippen MR) is 95.7 cm³/mol. The molecule has 1 unspecified atom stereocenters. The smallest absolute Gasteiger partial charge is 0.341 e. The van der Waals surface area contributed by atoms with Crippen LogP contribution in [0.1, 0.15) is 48.0 Å². The molecule has 1 saturated heterocycles. The first-order chi connectivity index (χ1) is 12.0. The zero-order valence-corrected chi connectivity index (χ0v) is 16.0. The topological polar surface area (TPSA) is 111 Å². The lowest BCUT2D eigenvalue weighted by Crippen LogP contribution is -2.31. The Morgan fingerprint density at radius 1 is 1.42 bits per heavy atom. The molecule has 3 rings (SSSR count). The fourth-order valence-corrected chi connectivity index (χ4v) is 2.96. The van der Waals surface area contributed by atoms with Gasteiger partial charge in [-0.25, -0.2) is 9.48 Å². The van der Waals surface area contributed by atoms with E-state index in [4.69, 9.17) is 4.52 Å². The van der Waals surface area contributed by atoms with E-state index < -0.39 is 0 Å².